The zero-order chi connectivity index (χ0) is 21.2. The molecule has 8 heteroatoms. The van der Waals surface area contributed by atoms with E-state index in [0.717, 1.165) is 19.4 Å². The Morgan fingerprint density at radius 2 is 1.97 bits per heavy atom. The minimum absolute atomic E-state index is 0.0111. The second-order valence-corrected chi connectivity index (χ2v) is 8.71. The lowest BCUT2D eigenvalue weighted by Crippen LogP contribution is -2.44. The van der Waals surface area contributed by atoms with E-state index in [4.69, 9.17) is 20.6 Å². The van der Waals surface area contributed by atoms with E-state index in [1.165, 1.54) is 0 Å². The number of rotatable bonds is 5. The van der Waals surface area contributed by atoms with Gasteiger partial charge in [0.15, 0.2) is 0 Å². The molecule has 0 saturated carbocycles. The topological polar surface area (TPSA) is 109 Å². The van der Waals surface area contributed by atoms with Crippen LogP contribution in [0.4, 0.5) is 10.5 Å². The minimum Gasteiger partial charge on any atom is -0.460 e. The molecule has 2 unspecified atom stereocenters. The van der Waals surface area contributed by atoms with Crippen LogP contribution in [0.25, 0.3) is 0 Å². The third-order valence-electron chi connectivity index (χ3n) is 5.07. The molecule has 1 amide bonds. The average Bonchev–Trinajstić information content (AvgIpc) is 3.00. The Hall–Kier alpha value is -2.61. The van der Waals surface area contributed by atoms with Gasteiger partial charge in [0.2, 0.25) is 0 Å². The summed E-state index contributed by atoms with van der Waals surface area (Å²) in [5.41, 5.74) is 6.32. The van der Waals surface area contributed by atoms with Crippen LogP contribution in [-0.4, -0.2) is 60.7 Å². The number of carbonyl (C=O) groups excluding carboxylic acids is 2. The molecule has 2 heterocycles. The van der Waals surface area contributed by atoms with Gasteiger partial charge in [-0.25, -0.2) is 4.79 Å². The summed E-state index contributed by atoms with van der Waals surface area (Å²) in [7, 11) is 0. The largest absolute Gasteiger partial charge is 0.460 e. The highest BCUT2D eigenvalue weighted by Crippen LogP contribution is 2.25. The zero-order valence-corrected chi connectivity index (χ0v) is 17.3. The molecule has 0 bridgehead atoms. The van der Waals surface area contributed by atoms with Gasteiger partial charge in [-0.1, -0.05) is 0 Å². The number of hydrogen-bond donors (Lipinski definition) is 2. The van der Waals surface area contributed by atoms with E-state index in [9.17, 15) is 9.59 Å². The van der Waals surface area contributed by atoms with E-state index in [1.54, 1.807) is 29.2 Å². The van der Waals surface area contributed by atoms with Gasteiger partial charge in [-0.2, -0.15) is 0 Å². The van der Waals surface area contributed by atoms with Gasteiger partial charge < -0.3 is 15.2 Å². The molecule has 1 aromatic carbocycles. The molecule has 2 saturated heterocycles. The SMILES string of the molecule is CC(C)(C)OC(=O)C1CCCN(CC2CN(c3ccc(C(=N)N)cc3)C(=O)O2)C1. The van der Waals surface area contributed by atoms with Crippen LogP contribution >= 0.6 is 0 Å². The number of carbonyl (C=O) groups is 2. The summed E-state index contributed by atoms with van der Waals surface area (Å²) in [5.74, 6) is -0.309. The van der Waals surface area contributed by atoms with Crippen molar-refractivity contribution in [2.45, 2.75) is 45.3 Å². The highest BCUT2D eigenvalue weighted by molar-refractivity contribution is 5.96. The number of esters is 1. The quantitative estimate of drug-likeness (QED) is 0.445. The Kier molecular flexibility index (Phi) is 6.12. The Morgan fingerprint density at radius 1 is 1.28 bits per heavy atom. The summed E-state index contributed by atoms with van der Waals surface area (Å²) >= 11 is 0. The van der Waals surface area contributed by atoms with Crippen molar-refractivity contribution in [2.24, 2.45) is 11.7 Å². The van der Waals surface area contributed by atoms with Crippen LogP contribution < -0.4 is 10.6 Å². The van der Waals surface area contributed by atoms with Gasteiger partial charge in [-0.05, 0) is 64.4 Å². The first kappa shape index (κ1) is 21.1. The van der Waals surface area contributed by atoms with Gasteiger partial charge in [0.1, 0.15) is 17.5 Å². The summed E-state index contributed by atoms with van der Waals surface area (Å²) in [4.78, 5) is 28.5. The Balaban J connectivity index is 1.56. The molecule has 8 nitrogen and oxygen atoms in total. The molecule has 3 N–H and O–H groups in total. The zero-order valence-electron chi connectivity index (χ0n) is 17.3. The third kappa shape index (κ3) is 5.47. The van der Waals surface area contributed by atoms with Crippen molar-refractivity contribution in [2.75, 3.05) is 31.1 Å². The van der Waals surface area contributed by atoms with Crippen LogP contribution in [0.2, 0.25) is 0 Å². The van der Waals surface area contributed by atoms with E-state index >= 15 is 0 Å². The van der Waals surface area contributed by atoms with Crippen LogP contribution in [0.15, 0.2) is 24.3 Å². The molecule has 2 aliphatic rings. The number of nitrogens with zero attached hydrogens (tertiary/aromatic N) is 2. The molecule has 0 aliphatic carbocycles. The molecule has 158 valence electrons. The number of nitrogens with two attached hydrogens (primary N) is 1. The molecule has 3 rings (SSSR count). The highest BCUT2D eigenvalue weighted by atomic mass is 16.6. The summed E-state index contributed by atoms with van der Waals surface area (Å²) in [6.07, 6.45) is 1.10. The van der Waals surface area contributed by atoms with Crippen LogP contribution in [0.3, 0.4) is 0 Å². The number of benzene rings is 1. The lowest BCUT2D eigenvalue weighted by Gasteiger charge is -2.33. The third-order valence-corrected chi connectivity index (χ3v) is 5.07. The fourth-order valence-electron chi connectivity index (χ4n) is 3.74. The van der Waals surface area contributed by atoms with Crippen LogP contribution in [-0.2, 0) is 14.3 Å². The molecule has 1 aromatic rings. The number of amides is 1. The first-order valence-corrected chi connectivity index (χ1v) is 10.0. The van der Waals surface area contributed by atoms with Gasteiger partial charge in [-0.15, -0.1) is 0 Å². The van der Waals surface area contributed by atoms with Gasteiger partial charge in [0.05, 0.1) is 12.5 Å². The normalized spacial score (nSPS) is 23.0. The fourth-order valence-corrected chi connectivity index (χ4v) is 3.74. The van der Waals surface area contributed by atoms with Crippen molar-refractivity contribution < 1.29 is 19.1 Å². The number of nitrogen functional groups attached to an aromatic ring is 1. The molecular formula is C21H30N4O4. The second kappa shape index (κ2) is 8.41. The van der Waals surface area contributed by atoms with Crippen molar-refractivity contribution in [3.63, 3.8) is 0 Å². The monoisotopic (exact) mass is 402 g/mol. The van der Waals surface area contributed by atoms with Gasteiger partial charge in [-0.3, -0.25) is 20.0 Å². The van der Waals surface area contributed by atoms with E-state index < -0.39 is 5.60 Å². The van der Waals surface area contributed by atoms with Gasteiger partial charge >= 0.3 is 12.1 Å². The number of nitrogens with one attached hydrogen (secondary N) is 1. The van der Waals surface area contributed by atoms with E-state index in [0.29, 0.717) is 30.9 Å². The predicted molar refractivity (Wildman–Crippen MR) is 110 cm³/mol. The Labute approximate surface area is 171 Å². The Bertz CT molecular complexity index is 772. The van der Waals surface area contributed by atoms with E-state index in [1.807, 2.05) is 20.8 Å². The molecule has 2 atom stereocenters. The maximum absolute atomic E-state index is 12.4. The molecule has 2 aliphatic heterocycles. The smallest absolute Gasteiger partial charge is 0.414 e. The first-order valence-electron chi connectivity index (χ1n) is 10.0. The van der Waals surface area contributed by atoms with Crippen LogP contribution in [0.5, 0.6) is 0 Å². The van der Waals surface area contributed by atoms with Crippen molar-refractivity contribution in [1.29, 1.82) is 5.41 Å². The molecule has 0 aromatic heterocycles. The van der Waals surface area contributed by atoms with Gasteiger partial charge in [0, 0.05) is 24.3 Å². The number of cyclic esters (lactones) is 1. The maximum Gasteiger partial charge on any atom is 0.414 e. The lowest BCUT2D eigenvalue weighted by molar-refractivity contribution is -0.162. The van der Waals surface area contributed by atoms with E-state index in [-0.39, 0.29) is 29.9 Å². The average molecular weight is 402 g/mol. The van der Waals surface area contributed by atoms with Crippen molar-refractivity contribution >= 4 is 23.6 Å². The Morgan fingerprint density at radius 3 is 2.59 bits per heavy atom. The number of hydrogen-bond acceptors (Lipinski definition) is 6. The lowest BCUT2D eigenvalue weighted by atomic mass is 9.97. The number of piperidine rings is 1. The minimum atomic E-state index is -0.487. The summed E-state index contributed by atoms with van der Waals surface area (Å²) in [6.45, 7) is 8.17. The van der Waals surface area contributed by atoms with Crippen molar-refractivity contribution in [3.8, 4) is 0 Å². The maximum atomic E-state index is 12.4. The molecular weight excluding hydrogens is 372 g/mol. The molecule has 2 fully saturated rings. The van der Waals surface area contributed by atoms with Crippen LogP contribution in [0.1, 0.15) is 39.2 Å². The number of likely N-dealkylation sites (tertiary alicyclic amines) is 1. The number of anilines is 1. The number of ether oxygens (including phenoxy) is 2. The number of amidine groups is 1. The fraction of sp³-hybridized carbons (Fsp3) is 0.571. The highest BCUT2D eigenvalue weighted by Gasteiger charge is 2.36. The summed E-state index contributed by atoms with van der Waals surface area (Å²) in [5, 5.41) is 7.46. The summed E-state index contributed by atoms with van der Waals surface area (Å²) < 4.78 is 11.1. The van der Waals surface area contributed by atoms with E-state index in [2.05, 4.69) is 4.90 Å². The summed E-state index contributed by atoms with van der Waals surface area (Å²) in [6, 6.07) is 6.96. The molecule has 0 radical (unpaired) electrons. The van der Waals surface area contributed by atoms with Gasteiger partial charge in [0.25, 0.3) is 0 Å². The predicted octanol–water partition coefficient (Wildman–Crippen LogP) is 2.35. The molecule has 0 spiro atoms. The first-order chi connectivity index (χ1) is 13.6. The van der Waals surface area contributed by atoms with Crippen molar-refractivity contribution in [1.82, 2.24) is 4.90 Å². The van der Waals surface area contributed by atoms with Crippen molar-refractivity contribution in [3.05, 3.63) is 29.8 Å². The standard InChI is InChI=1S/C21H30N4O4/c1-21(2,3)29-19(26)15-5-4-10-24(11-15)12-17-13-25(20(27)28-17)16-8-6-14(7-9-16)18(22)23/h6-9,15,17H,4-5,10-13H2,1-3H3,(H3,22,23). The molecule has 29 heavy (non-hydrogen) atoms. The second-order valence-electron chi connectivity index (χ2n) is 8.71. The van der Waals surface area contributed by atoms with Crippen LogP contribution in [0, 0.1) is 11.3 Å².